The number of aliphatic hydroxyl groups excluding tert-OH is 1. The predicted octanol–water partition coefficient (Wildman–Crippen LogP) is 0.725. The van der Waals surface area contributed by atoms with Gasteiger partial charge in [-0.25, -0.2) is 0 Å². The first-order valence-corrected chi connectivity index (χ1v) is 6.31. The Morgan fingerprint density at radius 2 is 2.10 bits per heavy atom. The molecule has 0 saturated heterocycles. The maximum absolute atomic E-state index is 10.8. The molecule has 1 aliphatic heterocycles. The number of non-ortho nitro benzene ring substituents is 1. The fourth-order valence-electron chi connectivity index (χ4n) is 2.58. The van der Waals surface area contributed by atoms with Gasteiger partial charge in [-0.3, -0.25) is 10.1 Å². The van der Waals surface area contributed by atoms with E-state index in [0.29, 0.717) is 11.3 Å². The van der Waals surface area contributed by atoms with Gasteiger partial charge in [-0.05, 0) is 13.0 Å². The Hall–Kier alpha value is -1.74. The lowest BCUT2D eigenvalue weighted by Crippen LogP contribution is -2.61. The highest BCUT2D eigenvalue weighted by atomic mass is 16.7. The van der Waals surface area contributed by atoms with Gasteiger partial charge in [-0.15, -0.1) is 0 Å². The van der Waals surface area contributed by atoms with E-state index < -0.39 is 29.0 Å². The molecule has 0 aliphatic carbocycles. The first-order chi connectivity index (χ1) is 9.85. The van der Waals surface area contributed by atoms with Crippen molar-refractivity contribution in [3.8, 4) is 5.75 Å². The van der Waals surface area contributed by atoms with Gasteiger partial charge in [0.1, 0.15) is 11.9 Å². The van der Waals surface area contributed by atoms with Crippen LogP contribution in [0.4, 0.5) is 5.69 Å². The summed E-state index contributed by atoms with van der Waals surface area (Å²) >= 11 is 0. The lowest BCUT2D eigenvalue weighted by atomic mass is 9.85. The second kappa shape index (κ2) is 5.57. The van der Waals surface area contributed by atoms with Crippen LogP contribution >= 0.6 is 0 Å². The van der Waals surface area contributed by atoms with Crippen LogP contribution in [0.3, 0.4) is 0 Å². The highest BCUT2D eigenvalue weighted by Gasteiger charge is 2.51. The molecule has 3 atom stereocenters. The van der Waals surface area contributed by atoms with E-state index in [4.69, 9.17) is 19.9 Å². The van der Waals surface area contributed by atoms with Gasteiger partial charge in [0.2, 0.25) is 0 Å². The van der Waals surface area contributed by atoms with Gasteiger partial charge in [-0.2, -0.15) is 0 Å². The Morgan fingerprint density at radius 1 is 1.48 bits per heavy atom. The molecule has 0 fully saturated rings. The van der Waals surface area contributed by atoms with Crippen molar-refractivity contribution in [1.29, 1.82) is 0 Å². The van der Waals surface area contributed by atoms with E-state index >= 15 is 0 Å². The fourth-order valence-corrected chi connectivity index (χ4v) is 2.58. The quantitative estimate of drug-likeness (QED) is 0.478. The SMILES string of the molecule is COC(OC)[C@@]1(C)Oc2ccc([N+](=O)[O-])cc2[C@@H](N)[C@@H]1O. The number of nitro groups is 1. The monoisotopic (exact) mass is 298 g/mol. The van der Waals surface area contributed by atoms with Crippen LogP contribution in [0.15, 0.2) is 18.2 Å². The molecule has 8 heteroatoms. The van der Waals surface area contributed by atoms with Crippen LogP contribution in [0.2, 0.25) is 0 Å². The highest BCUT2D eigenvalue weighted by Crippen LogP contribution is 2.42. The Bertz CT molecular complexity index is 547. The summed E-state index contributed by atoms with van der Waals surface area (Å²) in [5.41, 5.74) is 5.05. The second-order valence-corrected chi connectivity index (χ2v) is 5.04. The van der Waals surface area contributed by atoms with Crippen molar-refractivity contribution in [1.82, 2.24) is 0 Å². The number of nitro benzene ring substituents is 1. The van der Waals surface area contributed by atoms with E-state index in [9.17, 15) is 15.2 Å². The van der Waals surface area contributed by atoms with Crippen molar-refractivity contribution in [2.24, 2.45) is 5.73 Å². The Balaban J connectivity index is 2.47. The number of benzene rings is 1. The zero-order valence-corrected chi connectivity index (χ0v) is 12.0. The topological polar surface area (TPSA) is 117 Å². The molecule has 0 radical (unpaired) electrons. The van der Waals surface area contributed by atoms with E-state index in [1.807, 2.05) is 0 Å². The Labute approximate surface area is 121 Å². The van der Waals surface area contributed by atoms with Crippen LogP contribution in [0.5, 0.6) is 5.75 Å². The summed E-state index contributed by atoms with van der Waals surface area (Å²) in [4.78, 5) is 10.3. The molecule has 3 N–H and O–H groups in total. The average molecular weight is 298 g/mol. The molecule has 1 aromatic carbocycles. The van der Waals surface area contributed by atoms with Gasteiger partial charge in [0.05, 0.1) is 11.0 Å². The van der Waals surface area contributed by atoms with Gasteiger partial charge < -0.3 is 25.1 Å². The number of ether oxygens (including phenoxy) is 3. The number of methoxy groups -OCH3 is 2. The number of fused-ring (bicyclic) bond motifs is 1. The maximum Gasteiger partial charge on any atom is 0.270 e. The molecule has 1 aliphatic rings. The molecule has 1 aromatic rings. The Kier molecular flexibility index (Phi) is 4.15. The molecule has 1 heterocycles. The highest BCUT2D eigenvalue weighted by molar-refractivity contribution is 5.48. The smallest absolute Gasteiger partial charge is 0.270 e. The predicted molar refractivity (Wildman–Crippen MR) is 72.9 cm³/mol. The zero-order chi connectivity index (χ0) is 15.8. The van der Waals surface area contributed by atoms with E-state index in [2.05, 4.69) is 0 Å². The molecular formula is C13H18N2O6. The van der Waals surface area contributed by atoms with Crippen LogP contribution in [-0.2, 0) is 9.47 Å². The van der Waals surface area contributed by atoms with Gasteiger partial charge in [-0.1, -0.05) is 0 Å². The third-order valence-corrected chi connectivity index (χ3v) is 3.72. The summed E-state index contributed by atoms with van der Waals surface area (Å²) in [6, 6.07) is 3.22. The maximum atomic E-state index is 10.8. The minimum Gasteiger partial charge on any atom is -0.479 e. The standard InChI is InChI=1S/C13H18N2O6/c1-13(12(19-2)20-3)11(16)10(14)8-6-7(15(17)18)4-5-9(8)21-13/h4-6,10-12,16H,14H2,1-3H3/t10-,11+,13+/m1/s1. The fraction of sp³-hybridized carbons (Fsp3) is 0.538. The number of nitrogens with two attached hydrogens (primary N) is 1. The van der Waals surface area contributed by atoms with E-state index in [1.165, 1.54) is 32.4 Å². The molecule has 0 unspecified atom stereocenters. The third kappa shape index (κ3) is 2.46. The molecule has 0 amide bonds. The lowest BCUT2D eigenvalue weighted by Gasteiger charge is -2.45. The third-order valence-electron chi connectivity index (χ3n) is 3.72. The summed E-state index contributed by atoms with van der Waals surface area (Å²) in [5, 5.41) is 21.3. The first kappa shape index (κ1) is 15.6. The molecule has 0 spiro atoms. The van der Waals surface area contributed by atoms with Crippen molar-refractivity contribution in [2.45, 2.75) is 31.0 Å². The minimum absolute atomic E-state index is 0.112. The average Bonchev–Trinajstić information content (AvgIpc) is 2.45. The molecular weight excluding hydrogens is 280 g/mol. The summed E-state index contributed by atoms with van der Waals surface area (Å²) < 4.78 is 16.1. The van der Waals surface area contributed by atoms with Gasteiger partial charge in [0, 0.05) is 31.9 Å². The van der Waals surface area contributed by atoms with Crippen molar-refractivity contribution < 1.29 is 24.2 Å². The number of hydrogen-bond acceptors (Lipinski definition) is 7. The van der Waals surface area contributed by atoms with Gasteiger partial charge in [0.15, 0.2) is 11.9 Å². The molecule has 0 saturated carbocycles. The number of aliphatic hydroxyl groups is 1. The van der Waals surface area contributed by atoms with Gasteiger partial charge in [0.25, 0.3) is 5.69 Å². The molecule has 0 aromatic heterocycles. The molecule has 116 valence electrons. The molecule has 2 rings (SSSR count). The number of nitrogens with zero attached hydrogens (tertiary/aromatic N) is 1. The van der Waals surface area contributed by atoms with Crippen molar-refractivity contribution in [2.75, 3.05) is 14.2 Å². The molecule has 21 heavy (non-hydrogen) atoms. The molecule has 8 nitrogen and oxygen atoms in total. The van der Waals surface area contributed by atoms with Crippen molar-refractivity contribution in [3.05, 3.63) is 33.9 Å². The van der Waals surface area contributed by atoms with Crippen molar-refractivity contribution in [3.63, 3.8) is 0 Å². The normalized spacial score (nSPS) is 28.1. The summed E-state index contributed by atoms with van der Waals surface area (Å²) in [6.45, 7) is 1.61. The number of hydrogen-bond donors (Lipinski definition) is 2. The summed E-state index contributed by atoms with van der Waals surface area (Å²) in [6.07, 6.45) is -2.00. The van der Waals surface area contributed by atoms with Crippen LogP contribution in [0.25, 0.3) is 0 Å². The van der Waals surface area contributed by atoms with Crippen LogP contribution < -0.4 is 10.5 Å². The summed E-state index contributed by atoms with van der Waals surface area (Å²) in [7, 11) is 2.85. The van der Waals surface area contributed by atoms with Crippen LogP contribution in [0, 0.1) is 10.1 Å². The lowest BCUT2D eigenvalue weighted by molar-refractivity contribution is -0.385. The van der Waals surface area contributed by atoms with E-state index in [0.717, 1.165) is 0 Å². The first-order valence-electron chi connectivity index (χ1n) is 6.31. The summed E-state index contributed by atoms with van der Waals surface area (Å²) in [5.74, 6) is 0.361. The van der Waals surface area contributed by atoms with Crippen LogP contribution in [0.1, 0.15) is 18.5 Å². The molecule has 0 bridgehead atoms. The van der Waals surface area contributed by atoms with E-state index in [1.54, 1.807) is 6.92 Å². The largest absolute Gasteiger partial charge is 0.479 e. The van der Waals surface area contributed by atoms with Crippen LogP contribution in [-0.4, -0.2) is 42.2 Å². The van der Waals surface area contributed by atoms with Crippen molar-refractivity contribution >= 4 is 5.69 Å². The second-order valence-electron chi connectivity index (χ2n) is 5.04. The zero-order valence-electron chi connectivity index (χ0n) is 12.0. The minimum atomic E-state index is -1.23. The Morgan fingerprint density at radius 3 is 2.62 bits per heavy atom. The van der Waals surface area contributed by atoms with E-state index in [-0.39, 0.29) is 5.69 Å². The van der Waals surface area contributed by atoms with Gasteiger partial charge >= 0.3 is 0 Å². The number of rotatable bonds is 4.